The number of aromatic nitrogens is 1. The van der Waals surface area contributed by atoms with E-state index in [1.165, 1.54) is 0 Å². The summed E-state index contributed by atoms with van der Waals surface area (Å²) < 4.78 is 0. The molecule has 21 heavy (non-hydrogen) atoms. The van der Waals surface area contributed by atoms with Crippen molar-refractivity contribution in [2.75, 3.05) is 13.1 Å². The summed E-state index contributed by atoms with van der Waals surface area (Å²) in [6, 6.07) is 9.58. The van der Waals surface area contributed by atoms with E-state index in [9.17, 15) is 4.79 Å². The lowest BCUT2D eigenvalue weighted by Gasteiger charge is -2.35. The number of benzene rings is 1. The van der Waals surface area contributed by atoms with Crippen molar-refractivity contribution < 1.29 is 4.79 Å². The van der Waals surface area contributed by atoms with Gasteiger partial charge in [-0.15, -0.1) is 0 Å². The minimum absolute atomic E-state index is 0.0126. The van der Waals surface area contributed by atoms with Crippen molar-refractivity contribution >= 4 is 28.3 Å². The van der Waals surface area contributed by atoms with E-state index in [1.807, 2.05) is 35.2 Å². The van der Waals surface area contributed by atoms with E-state index in [0.29, 0.717) is 22.7 Å². The monoisotopic (exact) mass is 302 g/mol. The predicted octanol–water partition coefficient (Wildman–Crippen LogP) is 4.01. The Balaban J connectivity index is 1.91. The summed E-state index contributed by atoms with van der Waals surface area (Å²) in [5.41, 5.74) is 0.445. The third-order valence-corrected chi connectivity index (χ3v) is 4.82. The Kier molecular flexibility index (Phi) is 3.85. The number of amides is 1. The lowest BCUT2D eigenvalue weighted by Crippen LogP contribution is -2.42. The number of carbonyl (C=O) groups excluding carboxylic acids is 1. The second-order valence-electron chi connectivity index (χ2n) is 6.01. The normalized spacial score (nSPS) is 22.5. The lowest BCUT2D eigenvalue weighted by atomic mass is 9.88. The van der Waals surface area contributed by atoms with Crippen molar-refractivity contribution in [1.29, 1.82) is 0 Å². The number of piperidine rings is 1. The molecule has 2 unspecified atom stereocenters. The molecule has 110 valence electrons. The average Bonchev–Trinajstić information content (AvgIpc) is 2.49. The van der Waals surface area contributed by atoms with Gasteiger partial charge in [0.25, 0.3) is 5.91 Å². The van der Waals surface area contributed by atoms with Crippen molar-refractivity contribution in [3.8, 4) is 0 Å². The molecule has 0 N–H and O–H groups in total. The van der Waals surface area contributed by atoms with E-state index in [4.69, 9.17) is 11.6 Å². The Morgan fingerprint density at radius 2 is 2.05 bits per heavy atom. The molecule has 1 aliphatic rings. The van der Waals surface area contributed by atoms with Crippen LogP contribution in [-0.4, -0.2) is 28.9 Å². The van der Waals surface area contributed by atoms with Crippen LogP contribution in [0.4, 0.5) is 0 Å². The molecule has 4 heteroatoms. The molecule has 1 aliphatic heterocycles. The fourth-order valence-electron chi connectivity index (χ4n) is 2.88. The molecule has 3 nitrogen and oxygen atoms in total. The van der Waals surface area contributed by atoms with E-state index < -0.39 is 0 Å². The van der Waals surface area contributed by atoms with Crippen LogP contribution in [0.25, 0.3) is 10.8 Å². The fraction of sp³-hybridized carbons (Fsp3) is 0.412. The molecule has 0 aliphatic carbocycles. The number of hydrogen-bond acceptors (Lipinski definition) is 2. The zero-order valence-corrected chi connectivity index (χ0v) is 13.1. The summed E-state index contributed by atoms with van der Waals surface area (Å²) in [7, 11) is 0. The Bertz CT molecular complexity index is 686. The summed E-state index contributed by atoms with van der Waals surface area (Å²) in [5.74, 6) is 1.18. The molecule has 2 heterocycles. The van der Waals surface area contributed by atoms with Gasteiger partial charge in [-0.1, -0.05) is 49.7 Å². The Hall–Kier alpha value is -1.61. The number of nitrogens with zero attached hydrogens (tertiary/aromatic N) is 2. The molecular weight excluding hydrogens is 284 g/mol. The van der Waals surface area contributed by atoms with Crippen molar-refractivity contribution in [3.05, 3.63) is 41.2 Å². The number of likely N-dealkylation sites (tertiary alicyclic amines) is 1. The highest BCUT2D eigenvalue weighted by Crippen LogP contribution is 2.26. The Morgan fingerprint density at radius 1 is 1.29 bits per heavy atom. The van der Waals surface area contributed by atoms with Gasteiger partial charge in [-0.2, -0.15) is 0 Å². The topological polar surface area (TPSA) is 33.2 Å². The molecule has 1 saturated heterocycles. The van der Waals surface area contributed by atoms with E-state index in [0.717, 1.165) is 30.3 Å². The molecule has 2 aromatic rings. The molecule has 0 bridgehead atoms. The Labute approximate surface area is 129 Å². The second kappa shape index (κ2) is 5.64. The standard InChI is InChI=1S/C17H19ClN2O/c1-11-7-8-20(10-12(11)2)17(21)15-9-13-5-3-4-6-14(13)16(18)19-15/h3-6,9,11-12H,7-8,10H2,1-2H3. The first-order valence-corrected chi connectivity index (χ1v) is 7.78. The van der Waals surface area contributed by atoms with Crippen molar-refractivity contribution in [3.63, 3.8) is 0 Å². The first-order chi connectivity index (χ1) is 10.1. The minimum Gasteiger partial charge on any atom is -0.337 e. The number of hydrogen-bond donors (Lipinski definition) is 0. The smallest absolute Gasteiger partial charge is 0.272 e. The molecule has 1 aromatic heterocycles. The number of carbonyl (C=O) groups is 1. The zero-order chi connectivity index (χ0) is 15.0. The van der Waals surface area contributed by atoms with E-state index in [-0.39, 0.29) is 5.91 Å². The molecule has 1 amide bonds. The van der Waals surface area contributed by atoms with Gasteiger partial charge in [0, 0.05) is 18.5 Å². The van der Waals surface area contributed by atoms with Crippen LogP contribution in [0.5, 0.6) is 0 Å². The third-order valence-electron chi connectivity index (χ3n) is 4.53. The predicted molar refractivity (Wildman–Crippen MR) is 85.6 cm³/mol. The van der Waals surface area contributed by atoms with Crippen LogP contribution in [0.1, 0.15) is 30.8 Å². The molecular formula is C17H19ClN2O. The molecule has 3 rings (SSSR count). The van der Waals surface area contributed by atoms with Crippen LogP contribution in [0.2, 0.25) is 5.15 Å². The van der Waals surface area contributed by atoms with Crippen LogP contribution < -0.4 is 0 Å². The number of fused-ring (bicyclic) bond motifs is 1. The second-order valence-corrected chi connectivity index (χ2v) is 6.37. The maximum Gasteiger partial charge on any atom is 0.272 e. The molecule has 1 fully saturated rings. The third kappa shape index (κ3) is 2.75. The van der Waals surface area contributed by atoms with Crippen LogP contribution in [0.15, 0.2) is 30.3 Å². The van der Waals surface area contributed by atoms with Gasteiger partial charge in [-0.3, -0.25) is 4.79 Å². The van der Waals surface area contributed by atoms with Crippen molar-refractivity contribution in [2.45, 2.75) is 20.3 Å². The maximum atomic E-state index is 12.7. The molecule has 1 aromatic carbocycles. The van der Waals surface area contributed by atoms with Gasteiger partial charge in [-0.25, -0.2) is 4.98 Å². The summed E-state index contributed by atoms with van der Waals surface area (Å²) in [5, 5.41) is 2.24. The summed E-state index contributed by atoms with van der Waals surface area (Å²) in [4.78, 5) is 18.8. The van der Waals surface area contributed by atoms with Crippen molar-refractivity contribution in [1.82, 2.24) is 9.88 Å². The van der Waals surface area contributed by atoms with Crippen LogP contribution >= 0.6 is 11.6 Å². The molecule has 2 atom stereocenters. The average molecular weight is 303 g/mol. The van der Waals surface area contributed by atoms with E-state index >= 15 is 0 Å². The lowest BCUT2D eigenvalue weighted by molar-refractivity contribution is 0.0622. The number of rotatable bonds is 1. The molecule has 0 radical (unpaired) electrons. The highest BCUT2D eigenvalue weighted by Gasteiger charge is 2.27. The molecule has 0 spiro atoms. The van der Waals surface area contributed by atoms with Crippen LogP contribution in [-0.2, 0) is 0 Å². The largest absolute Gasteiger partial charge is 0.337 e. The van der Waals surface area contributed by atoms with Gasteiger partial charge >= 0.3 is 0 Å². The number of pyridine rings is 1. The Morgan fingerprint density at radius 3 is 2.81 bits per heavy atom. The van der Waals surface area contributed by atoms with Gasteiger partial charge < -0.3 is 4.90 Å². The van der Waals surface area contributed by atoms with E-state index in [2.05, 4.69) is 18.8 Å². The highest BCUT2D eigenvalue weighted by molar-refractivity contribution is 6.34. The quantitative estimate of drug-likeness (QED) is 0.746. The first-order valence-electron chi connectivity index (χ1n) is 7.41. The van der Waals surface area contributed by atoms with Gasteiger partial charge in [0.1, 0.15) is 10.8 Å². The highest BCUT2D eigenvalue weighted by atomic mass is 35.5. The van der Waals surface area contributed by atoms with Gasteiger partial charge in [0.05, 0.1) is 0 Å². The van der Waals surface area contributed by atoms with Gasteiger partial charge in [0.15, 0.2) is 0 Å². The van der Waals surface area contributed by atoms with E-state index in [1.54, 1.807) is 0 Å². The van der Waals surface area contributed by atoms with Crippen molar-refractivity contribution in [2.24, 2.45) is 11.8 Å². The first kappa shape index (κ1) is 14.3. The fourth-order valence-corrected chi connectivity index (χ4v) is 3.14. The SMILES string of the molecule is CC1CCN(C(=O)c2cc3ccccc3c(Cl)n2)CC1C. The summed E-state index contributed by atoms with van der Waals surface area (Å²) in [6.07, 6.45) is 1.05. The van der Waals surface area contributed by atoms with Crippen LogP contribution in [0, 0.1) is 11.8 Å². The number of halogens is 1. The van der Waals surface area contributed by atoms with Crippen LogP contribution in [0.3, 0.4) is 0 Å². The zero-order valence-electron chi connectivity index (χ0n) is 12.3. The minimum atomic E-state index is -0.0126. The van der Waals surface area contributed by atoms with Gasteiger partial charge in [-0.05, 0) is 29.7 Å². The summed E-state index contributed by atoms with van der Waals surface area (Å²) in [6.45, 7) is 6.05. The molecule has 0 saturated carbocycles. The van der Waals surface area contributed by atoms with Gasteiger partial charge in [0.2, 0.25) is 0 Å². The maximum absolute atomic E-state index is 12.7. The summed E-state index contributed by atoms with van der Waals surface area (Å²) >= 11 is 6.22.